The SMILES string of the molecule is CCN(CC(C)C)C(=O)c1ccc(C)c(Br)c1. The van der Waals surface area contributed by atoms with Crippen LogP contribution >= 0.6 is 15.9 Å². The molecule has 0 N–H and O–H groups in total. The van der Waals surface area contributed by atoms with Gasteiger partial charge in [0.05, 0.1) is 0 Å². The molecule has 0 aliphatic heterocycles. The second-order valence-corrected chi connectivity index (χ2v) is 5.56. The van der Waals surface area contributed by atoms with Crippen LogP contribution in [0.1, 0.15) is 36.7 Å². The molecule has 0 unspecified atom stereocenters. The monoisotopic (exact) mass is 297 g/mol. The van der Waals surface area contributed by atoms with Gasteiger partial charge in [0, 0.05) is 23.1 Å². The summed E-state index contributed by atoms with van der Waals surface area (Å²) in [5.41, 5.74) is 1.90. The van der Waals surface area contributed by atoms with Crippen LogP contribution in [0.3, 0.4) is 0 Å². The first-order valence-electron chi connectivity index (χ1n) is 6.01. The van der Waals surface area contributed by atoms with Gasteiger partial charge in [-0.25, -0.2) is 0 Å². The fraction of sp³-hybridized carbons (Fsp3) is 0.500. The first kappa shape index (κ1) is 14.2. The number of aryl methyl sites for hydroxylation is 1. The van der Waals surface area contributed by atoms with Gasteiger partial charge in [0.2, 0.25) is 0 Å². The van der Waals surface area contributed by atoms with Crippen LogP contribution in [0, 0.1) is 12.8 Å². The average Bonchev–Trinajstić information content (AvgIpc) is 2.28. The van der Waals surface area contributed by atoms with Gasteiger partial charge in [-0.15, -0.1) is 0 Å². The molecule has 0 heterocycles. The largest absolute Gasteiger partial charge is 0.339 e. The highest BCUT2D eigenvalue weighted by Gasteiger charge is 2.15. The lowest BCUT2D eigenvalue weighted by atomic mass is 10.1. The molecule has 0 aromatic heterocycles. The quantitative estimate of drug-likeness (QED) is 0.826. The van der Waals surface area contributed by atoms with E-state index in [1.807, 2.05) is 36.9 Å². The van der Waals surface area contributed by atoms with E-state index in [9.17, 15) is 4.79 Å². The summed E-state index contributed by atoms with van der Waals surface area (Å²) in [4.78, 5) is 14.2. The fourth-order valence-electron chi connectivity index (χ4n) is 1.70. The van der Waals surface area contributed by atoms with Gasteiger partial charge in [-0.05, 0) is 37.5 Å². The molecule has 17 heavy (non-hydrogen) atoms. The molecule has 0 atom stereocenters. The minimum Gasteiger partial charge on any atom is -0.339 e. The lowest BCUT2D eigenvalue weighted by Gasteiger charge is -2.23. The van der Waals surface area contributed by atoms with Crippen molar-refractivity contribution < 1.29 is 4.79 Å². The van der Waals surface area contributed by atoms with E-state index in [2.05, 4.69) is 29.8 Å². The number of carbonyl (C=O) groups is 1. The first-order valence-corrected chi connectivity index (χ1v) is 6.80. The fourth-order valence-corrected chi connectivity index (χ4v) is 2.08. The Balaban J connectivity index is 2.90. The van der Waals surface area contributed by atoms with Gasteiger partial charge >= 0.3 is 0 Å². The van der Waals surface area contributed by atoms with Crippen molar-refractivity contribution in [2.75, 3.05) is 13.1 Å². The number of carbonyl (C=O) groups excluding carboxylic acids is 1. The Morgan fingerprint density at radius 2 is 2.06 bits per heavy atom. The minimum atomic E-state index is 0.113. The summed E-state index contributed by atoms with van der Waals surface area (Å²) in [6, 6.07) is 5.77. The van der Waals surface area contributed by atoms with Crippen LogP contribution in [0.25, 0.3) is 0 Å². The number of rotatable bonds is 4. The molecule has 0 spiro atoms. The van der Waals surface area contributed by atoms with E-state index in [0.29, 0.717) is 5.92 Å². The van der Waals surface area contributed by atoms with Crippen molar-refractivity contribution in [2.45, 2.75) is 27.7 Å². The zero-order valence-electron chi connectivity index (χ0n) is 11.0. The minimum absolute atomic E-state index is 0.113. The van der Waals surface area contributed by atoms with Gasteiger partial charge in [0.15, 0.2) is 0 Å². The molecule has 0 saturated heterocycles. The lowest BCUT2D eigenvalue weighted by Crippen LogP contribution is -2.34. The lowest BCUT2D eigenvalue weighted by molar-refractivity contribution is 0.0745. The predicted octanol–water partition coefficient (Wildman–Crippen LogP) is 3.88. The van der Waals surface area contributed by atoms with E-state index in [4.69, 9.17) is 0 Å². The van der Waals surface area contributed by atoms with Crippen LogP contribution in [0.4, 0.5) is 0 Å². The Morgan fingerprint density at radius 3 is 2.53 bits per heavy atom. The number of hydrogen-bond acceptors (Lipinski definition) is 1. The highest BCUT2D eigenvalue weighted by atomic mass is 79.9. The molecule has 1 amide bonds. The normalized spacial score (nSPS) is 10.7. The number of hydrogen-bond donors (Lipinski definition) is 0. The van der Waals surface area contributed by atoms with E-state index in [0.717, 1.165) is 28.7 Å². The van der Waals surface area contributed by atoms with Crippen molar-refractivity contribution in [3.63, 3.8) is 0 Å². The molecule has 1 rings (SSSR count). The maximum Gasteiger partial charge on any atom is 0.253 e. The molecule has 1 aromatic carbocycles. The van der Waals surface area contributed by atoms with Crippen LogP contribution in [0.2, 0.25) is 0 Å². The Hall–Kier alpha value is -0.830. The summed E-state index contributed by atoms with van der Waals surface area (Å²) in [6.45, 7) is 9.85. The van der Waals surface area contributed by atoms with Crippen molar-refractivity contribution in [1.29, 1.82) is 0 Å². The summed E-state index contributed by atoms with van der Waals surface area (Å²) < 4.78 is 0.990. The highest BCUT2D eigenvalue weighted by molar-refractivity contribution is 9.10. The number of amides is 1. The average molecular weight is 298 g/mol. The number of nitrogens with zero attached hydrogens (tertiary/aromatic N) is 1. The Bertz CT molecular complexity index is 401. The van der Waals surface area contributed by atoms with Crippen molar-refractivity contribution in [1.82, 2.24) is 4.90 Å². The summed E-state index contributed by atoms with van der Waals surface area (Å²) in [7, 11) is 0. The third-order valence-electron chi connectivity index (χ3n) is 2.67. The second-order valence-electron chi connectivity index (χ2n) is 4.70. The molecule has 3 heteroatoms. The molecule has 94 valence electrons. The van der Waals surface area contributed by atoms with E-state index in [1.54, 1.807) is 0 Å². The van der Waals surface area contributed by atoms with Crippen molar-refractivity contribution in [3.05, 3.63) is 33.8 Å². The molecular formula is C14H20BrNO. The van der Waals surface area contributed by atoms with Crippen molar-refractivity contribution in [3.8, 4) is 0 Å². The van der Waals surface area contributed by atoms with Crippen LogP contribution in [0.15, 0.2) is 22.7 Å². The summed E-state index contributed by atoms with van der Waals surface area (Å²) in [6.07, 6.45) is 0. The van der Waals surface area contributed by atoms with Gasteiger partial charge in [-0.3, -0.25) is 4.79 Å². The molecule has 0 aliphatic carbocycles. The van der Waals surface area contributed by atoms with Gasteiger partial charge in [-0.2, -0.15) is 0 Å². The van der Waals surface area contributed by atoms with Gasteiger partial charge < -0.3 is 4.90 Å². The molecule has 0 aliphatic rings. The van der Waals surface area contributed by atoms with E-state index >= 15 is 0 Å². The summed E-state index contributed by atoms with van der Waals surface area (Å²) in [5.74, 6) is 0.606. The maximum absolute atomic E-state index is 12.3. The maximum atomic E-state index is 12.3. The third-order valence-corrected chi connectivity index (χ3v) is 3.53. The Morgan fingerprint density at radius 1 is 1.41 bits per heavy atom. The van der Waals surface area contributed by atoms with Gasteiger partial charge in [0.25, 0.3) is 5.91 Å². The standard InChI is InChI=1S/C14H20BrNO/c1-5-16(9-10(2)3)14(17)12-7-6-11(4)13(15)8-12/h6-8,10H,5,9H2,1-4H3. The zero-order chi connectivity index (χ0) is 13.0. The number of benzene rings is 1. The van der Waals surface area contributed by atoms with Gasteiger partial charge in [-0.1, -0.05) is 35.8 Å². The van der Waals surface area contributed by atoms with Gasteiger partial charge in [0.1, 0.15) is 0 Å². The molecule has 0 fully saturated rings. The summed E-state index contributed by atoms with van der Waals surface area (Å²) in [5, 5.41) is 0. The predicted molar refractivity (Wildman–Crippen MR) is 75.3 cm³/mol. The van der Waals surface area contributed by atoms with Crippen LogP contribution in [-0.2, 0) is 0 Å². The topological polar surface area (TPSA) is 20.3 Å². The molecule has 0 saturated carbocycles. The Labute approximate surface area is 112 Å². The smallest absolute Gasteiger partial charge is 0.253 e. The molecule has 1 aromatic rings. The summed E-state index contributed by atoms with van der Waals surface area (Å²) >= 11 is 3.47. The van der Waals surface area contributed by atoms with E-state index in [1.165, 1.54) is 0 Å². The van der Waals surface area contributed by atoms with E-state index in [-0.39, 0.29) is 5.91 Å². The Kier molecular flexibility index (Phi) is 5.19. The van der Waals surface area contributed by atoms with Crippen LogP contribution in [-0.4, -0.2) is 23.9 Å². The number of halogens is 1. The van der Waals surface area contributed by atoms with Crippen LogP contribution < -0.4 is 0 Å². The molecular weight excluding hydrogens is 278 g/mol. The molecule has 0 bridgehead atoms. The van der Waals surface area contributed by atoms with Crippen molar-refractivity contribution >= 4 is 21.8 Å². The second kappa shape index (κ2) is 6.20. The molecule has 0 radical (unpaired) electrons. The first-order chi connectivity index (χ1) is 7.95. The highest BCUT2D eigenvalue weighted by Crippen LogP contribution is 2.18. The third kappa shape index (κ3) is 3.84. The zero-order valence-corrected chi connectivity index (χ0v) is 12.5. The van der Waals surface area contributed by atoms with Crippen molar-refractivity contribution in [2.24, 2.45) is 5.92 Å². The molecule has 2 nitrogen and oxygen atoms in total. The van der Waals surface area contributed by atoms with E-state index < -0.39 is 0 Å². The van der Waals surface area contributed by atoms with Crippen LogP contribution in [0.5, 0.6) is 0 Å².